The van der Waals surface area contributed by atoms with E-state index in [9.17, 15) is 18.0 Å². The summed E-state index contributed by atoms with van der Waals surface area (Å²) >= 11 is 0. The number of aromatic nitrogens is 1. The number of ether oxygens (including phenoxy) is 1. The number of hydrogen-bond acceptors (Lipinski definition) is 5. The molecule has 0 spiro atoms. The van der Waals surface area contributed by atoms with Crippen molar-refractivity contribution in [3.63, 3.8) is 0 Å². The molecule has 106 valence electrons. The normalized spacial score (nSPS) is 11.5. The lowest BCUT2D eigenvalue weighted by atomic mass is 10.4. The molecule has 1 heterocycles. The smallest absolute Gasteiger partial charge is 0.354 e. The summed E-state index contributed by atoms with van der Waals surface area (Å²) in [4.78, 5) is 24.0. The van der Waals surface area contributed by atoms with Gasteiger partial charge in [-0.15, -0.1) is 0 Å². The van der Waals surface area contributed by atoms with Crippen LogP contribution in [0.3, 0.4) is 0 Å². The van der Waals surface area contributed by atoms with E-state index in [0.717, 1.165) is 16.6 Å². The summed E-state index contributed by atoms with van der Waals surface area (Å²) in [6.07, 6.45) is 0.850. The highest BCUT2D eigenvalue weighted by atomic mass is 32.2. The Balaban J connectivity index is 2.91. The van der Waals surface area contributed by atoms with Gasteiger partial charge in [0, 0.05) is 19.8 Å². The molecule has 0 saturated carbocycles. The molecule has 0 aliphatic carbocycles. The van der Waals surface area contributed by atoms with Crippen molar-refractivity contribution in [2.24, 2.45) is 0 Å². The number of sulfonamides is 1. The summed E-state index contributed by atoms with van der Waals surface area (Å²) in [5.74, 6) is -1.78. The van der Waals surface area contributed by atoms with Gasteiger partial charge in [-0.2, -0.15) is 0 Å². The van der Waals surface area contributed by atoms with Gasteiger partial charge in [-0.1, -0.05) is 0 Å². The number of aliphatic carboxylic acids is 1. The molecule has 1 aromatic heterocycles. The van der Waals surface area contributed by atoms with Gasteiger partial charge < -0.3 is 14.8 Å². The molecule has 0 aliphatic rings. The van der Waals surface area contributed by atoms with E-state index in [1.54, 1.807) is 0 Å². The Morgan fingerprint density at radius 2 is 2.11 bits per heavy atom. The Bertz CT molecular complexity index is 577. The largest absolute Gasteiger partial charge is 0.481 e. The molecule has 0 unspecified atom stereocenters. The lowest BCUT2D eigenvalue weighted by molar-refractivity contribution is -0.137. The SMILES string of the molecule is COC(=O)c1cc(S(=O)(=O)N(C)CCC(=O)O)c[nH]1. The molecule has 19 heavy (non-hydrogen) atoms. The van der Waals surface area contributed by atoms with Gasteiger partial charge in [-0.3, -0.25) is 4.79 Å². The molecule has 0 aliphatic heterocycles. The number of nitrogens with zero attached hydrogens (tertiary/aromatic N) is 1. The summed E-state index contributed by atoms with van der Waals surface area (Å²) in [6, 6.07) is 1.14. The Morgan fingerprint density at radius 1 is 1.47 bits per heavy atom. The third-order valence-electron chi connectivity index (χ3n) is 2.41. The zero-order chi connectivity index (χ0) is 14.6. The number of methoxy groups -OCH3 is 1. The van der Waals surface area contributed by atoms with Crippen LogP contribution in [0.2, 0.25) is 0 Å². The van der Waals surface area contributed by atoms with Crippen molar-refractivity contribution in [1.82, 2.24) is 9.29 Å². The number of carbonyl (C=O) groups is 2. The molecule has 1 aromatic rings. The fourth-order valence-electron chi connectivity index (χ4n) is 1.30. The number of nitrogens with one attached hydrogen (secondary N) is 1. The van der Waals surface area contributed by atoms with E-state index < -0.39 is 22.0 Å². The fraction of sp³-hybridized carbons (Fsp3) is 0.400. The Hall–Kier alpha value is -1.87. The van der Waals surface area contributed by atoms with Gasteiger partial charge in [0.05, 0.1) is 13.5 Å². The second-order valence-electron chi connectivity index (χ2n) is 3.71. The lowest BCUT2D eigenvalue weighted by Crippen LogP contribution is -2.29. The minimum Gasteiger partial charge on any atom is -0.481 e. The molecule has 0 bridgehead atoms. The number of esters is 1. The first-order chi connectivity index (χ1) is 8.78. The average Bonchev–Trinajstić information content (AvgIpc) is 2.84. The summed E-state index contributed by atoms with van der Waals surface area (Å²) < 4.78 is 29.4. The molecule has 8 nitrogen and oxygen atoms in total. The molecule has 0 radical (unpaired) electrons. The van der Waals surface area contributed by atoms with Crippen LogP contribution in [-0.2, 0) is 19.6 Å². The predicted molar refractivity (Wildman–Crippen MR) is 64.2 cm³/mol. The summed E-state index contributed by atoms with van der Waals surface area (Å²) in [5, 5.41) is 8.52. The van der Waals surface area contributed by atoms with Gasteiger partial charge in [0.2, 0.25) is 10.0 Å². The van der Waals surface area contributed by atoms with Crippen molar-refractivity contribution in [3.05, 3.63) is 18.0 Å². The van der Waals surface area contributed by atoms with Gasteiger partial charge in [-0.25, -0.2) is 17.5 Å². The number of rotatable bonds is 6. The zero-order valence-corrected chi connectivity index (χ0v) is 11.2. The van der Waals surface area contributed by atoms with E-state index in [1.807, 2.05) is 0 Å². The average molecular weight is 290 g/mol. The number of hydrogen-bond donors (Lipinski definition) is 2. The number of carbonyl (C=O) groups excluding carboxylic acids is 1. The van der Waals surface area contributed by atoms with Crippen LogP contribution in [-0.4, -0.2) is 55.5 Å². The van der Waals surface area contributed by atoms with Crippen LogP contribution in [0.5, 0.6) is 0 Å². The molecule has 0 fully saturated rings. The van der Waals surface area contributed by atoms with Gasteiger partial charge in [0.15, 0.2) is 0 Å². The minimum atomic E-state index is -3.82. The van der Waals surface area contributed by atoms with Gasteiger partial charge in [0.1, 0.15) is 10.6 Å². The van der Waals surface area contributed by atoms with Crippen LogP contribution in [0.4, 0.5) is 0 Å². The van der Waals surface area contributed by atoms with E-state index in [1.165, 1.54) is 14.2 Å². The molecular weight excluding hydrogens is 276 g/mol. The van der Waals surface area contributed by atoms with E-state index in [-0.39, 0.29) is 23.6 Å². The highest BCUT2D eigenvalue weighted by Crippen LogP contribution is 2.16. The fourth-order valence-corrected chi connectivity index (χ4v) is 2.47. The molecule has 9 heteroatoms. The van der Waals surface area contributed by atoms with Crippen LogP contribution in [0, 0.1) is 0 Å². The highest BCUT2D eigenvalue weighted by molar-refractivity contribution is 7.89. The van der Waals surface area contributed by atoms with Crippen LogP contribution < -0.4 is 0 Å². The van der Waals surface area contributed by atoms with Crippen molar-refractivity contribution in [3.8, 4) is 0 Å². The molecule has 0 amide bonds. The monoisotopic (exact) mass is 290 g/mol. The minimum absolute atomic E-state index is 0.00714. The Morgan fingerprint density at radius 3 is 2.63 bits per heavy atom. The first kappa shape index (κ1) is 15.2. The second kappa shape index (κ2) is 5.85. The van der Waals surface area contributed by atoms with Crippen molar-refractivity contribution in [1.29, 1.82) is 0 Å². The first-order valence-electron chi connectivity index (χ1n) is 5.24. The highest BCUT2D eigenvalue weighted by Gasteiger charge is 2.23. The maximum atomic E-state index is 12.0. The second-order valence-corrected chi connectivity index (χ2v) is 5.76. The van der Waals surface area contributed by atoms with E-state index in [0.29, 0.717) is 0 Å². The van der Waals surface area contributed by atoms with Crippen molar-refractivity contribution < 1.29 is 27.9 Å². The molecule has 0 aromatic carbocycles. The summed E-state index contributed by atoms with van der Waals surface area (Å²) in [6.45, 7) is -0.156. The van der Waals surface area contributed by atoms with E-state index >= 15 is 0 Å². The number of carboxylic acids is 1. The standard InChI is InChI=1S/C10H14N2O6S/c1-12(4-3-9(13)14)19(16,17)7-5-8(11-6-7)10(15)18-2/h5-6,11H,3-4H2,1-2H3,(H,13,14). The van der Waals surface area contributed by atoms with Crippen LogP contribution in [0.1, 0.15) is 16.9 Å². The van der Waals surface area contributed by atoms with Gasteiger partial charge >= 0.3 is 11.9 Å². The van der Waals surface area contributed by atoms with E-state index in [4.69, 9.17) is 5.11 Å². The summed E-state index contributed by atoms with van der Waals surface area (Å²) in [5.41, 5.74) is 0.00714. The van der Waals surface area contributed by atoms with E-state index in [2.05, 4.69) is 9.72 Å². The van der Waals surface area contributed by atoms with Crippen molar-refractivity contribution >= 4 is 22.0 Å². The topological polar surface area (TPSA) is 117 Å². The van der Waals surface area contributed by atoms with Crippen LogP contribution in [0.15, 0.2) is 17.2 Å². The zero-order valence-electron chi connectivity index (χ0n) is 10.4. The van der Waals surface area contributed by atoms with Gasteiger partial charge in [-0.05, 0) is 6.07 Å². The van der Waals surface area contributed by atoms with Crippen LogP contribution in [0.25, 0.3) is 0 Å². The number of H-pyrrole nitrogens is 1. The molecule has 0 saturated heterocycles. The first-order valence-corrected chi connectivity index (χ1v) is 6.68. The lowest BCUT2D eigenvalue weighted by Gasteiger charge is -2.14. The maximum absolute atomic E-state index is 12.0. The molecule has 1 rings (SSSR count). The van der Waals surface area contributed by atoms with Crippen molar-refractivity contribution in [2.45, 2.75) is 11.3 Å². The molecule has 2 N–H and O–H groups in total. The predicted octanol–water partition coefficient (Wildman–Crippen LogP) is -0.103. The number of aromatic amines is 1. The number of carboxylic acid groups (broad SMARTS) is 1. The quantitative estimate of drug-likeness (QED) is 0.706. The molecular formula is C10H14N2O6S. The Labute approximate surface area is 110 Å². The molecule has 0 atom stereocenters. The Kier molecular flexibility index (Phi) is 4.67. The third-order valence-corrected chi connectivity index (χ3v) is 4.25. The van der Waals surface area contributed by atoms with Gasteiger partial charge in [0.25, 0.3) is 0 Å². The third kappa shape index (κ3) is 3.55. The summed E-state index contributed by atoms with van der Waals surface area (Å²) in [7, 11) is -1.38. The van der Waals surface area contributed by atoms with Crippen LogP contribution >= 0.6 is 0 Å². The van der Waals surface area contributed by atoms with Crippen molar-refractivity contribution in [2.75, 3.05) is 20.7 Å². The maximum Gasteiger partial charge on any atom is 0.354 e.